The van der Waals surface area contributed by atoms with Crippen LogP contribution in [0.5, 0.6) is 0 Å². The highest BCUT2D eigenvalue weighted by atomic mass is 32.2. The number of amides is 1. The molecule has 1 N–H and O–H groups in total. The van der Waals surface area contributed by atoms with E-state index < -0.39 is 5.41 Å². The van der Waals surface area contributed by atoms with E-state index in [1.54, 1.807) is 24.3 Å². The van der Waals surface area contributed by atoms with Crippen molar-refractivity contribution < 1.29 is 14.0 Å². The molecule has 140 valence electrons. The van der Waals surface area contributed by atoms with Gasteiger partial charge >= 0.3 is 0 Å². The average Bonchev–Trinajstić information content (AvgIpc) is 3.03. The predicted octanol–water partition coefficient (Wildman–Crippen LogP) is 5.18. The number of carbonyl (C=O) groups excluding carboxylic acids is 2. The molecular weight excluding hydrogens is 360 g/mol. The zero-order chi connectivity index (χ0) is 19.6. The summed E-state index contributed by atoms with van der Waals surface area (Å²) in [6.45, 7) is 7.39. The molecule has 0 spiro atoms. The SMILES string of the molecule is C[C@@H](Sc1nc2ccccc2o1)C(=O)c1ccc(NC(=O)C(C)(C)C)cc1. The van der Waals surface area contributed by atoms with Crippen LogP contribution in [-0.4, -0.2) is 21.9 Å². The summed E-state index contributed by atoms with van der Waals surface area (Å²) in [5.41, 5.74) is 2.27. The topological polar surface area (TPSA) is 72.2 Å². The molecule has 0 bridgehead atoms. The number of nitrogens with one attached hydrogen (secondary N) is 1. The largest absolute Gasteiger partial charge is 0.431 e. The highest BCUT2D eigenvalue weighted by molar-refractivity contribution is 8.00. The molecule has 6 heteroatoms. The molecule has 2 aromatic carbocycles. The lowest BCUT2D eigenvalue weighted by Crippen LogP contribution is -2.27. The van der Waals surface area contributed by atoms with Gasteiger partial charge in [-0.2, -0.15) is 0 Å². The number of aromatic nitrogens is 1. The maximum absolute atomic E-state index is 12.7. The normalized spacial score (nSPS) is 12.7. The van der Waals surface area contributed by atoms with E-state index in [0.29, 0.717) is 22.1 Å². The summed E-state index contributed by atoms with van der Waals surface area (Å²) in [6, 6.07) is 14.4. The number of thioether (sulfide) groups is 1. The monoisotopic (exact) mass is 382 g/mol. The number of nitrogens with zero attached hydrogens (tertiary/aromatic N) is 1. The summed E-state index contributed by atoms with van der Waals surface area (Å²) in [5.74, 6) is -0.0857. The van der Waals surface area contributed by atoms with Crippen LogP contribution in [-0.2, 0) is 4.79 Å². The Morgan fingerprint density at radius 2 is 1.74 bits per heavy atom. The molecule has 1 amide bonds. The van der Waals surface area contributed by atoms with Gasteiger partial charge in [0, 0.05) is 16.7 Å². The van der Waals surface area contributed by atoms with Crippen molar-refractivity contribution in [1.29, 1.82) is 0 Å². The van der Waals surface area contributed by atoms with E-state index >= 15 is 0 Å². The van der Waals surface area contributed by atoms with Crippen LogP contribution in [0.3, 0.4) is 0 Å². The molecule has 5 nitrogen and oxygen atoms in total. The first-order valence-electron chi connectivity index (χ1n) is 8.72. The van der Waals surface area contributed by atoms with Crippen LogP contribution in [0.15, 0.2) is 58.2 Å². The zero-order valence-electron chi connectivity index (χ0n) is 15.8. The van der Waals surface area contributed by atoms with E-state index in [0.717, 1.165) is 5.52 Å². The highest BCUT2D eigenvalue weighted by Gasteiger charge is 2.22. The van der Waals surface area contributed by atoms with Crippen LogP contribution in [0.2, 0.25) is 0 Å². The van der Waals surface area contributed by atoms with Gasteiger partial charge in [0.05, 0.1) is 5.25 Å². The molecular formula is C21H22N2O3S. The van der Waals surface area contributed by atoms with Crippen LogP contribution in [0, 0.1) is 5.41 Å². The third-order valence-electron chi connectivity index (χ3n) is 4.03. The maximum Gasteiger partial charge on any atom is 0.257 e. The number of hydrogen-bond donors (Lipinski definition) is 1. The van der Waals surface area contributed by atoms with Crippen LogP contribution in [0.1, 0.15) is 38.1 Å². The molecule has 0 aliphatic rings. The van der Waals surface area contributed by atoms with Gasteiger partial charge < -0.3 is 9.73 Å². The number of para-hydroxylation sites is 2. The summed E-state index contributed by atoms with van der Waals surface area (Å²) >= 11 is 1.29. The molecule has 0 fully saturated rings. The number of anilines is 1. The van der Waals surface area contributed by atoms with E-state index in [-0.39, 0.29) is 16.9 Å². The number of rotatable bonds is 5. The van der Waals surface area contributed by atoms with Gasteiger partial charge in [0.2, 0.25) is 5.91 Å². The zero-order valence-corrected chi connectivity index (χ0v) is 16.6. The van der Waals surface area contributed by atoms with Crippen molar-refractivity contribution in [3.63, 3.8) is 0 Å². The van der Waals surface area contributed by atoms with Crippen LogP contribution < -0.4 is 5.32 Å². The van der Waals surface area contributed by atoms with Gasteiger partial charge in [-0.15, -0.1) is 0 Å². The van der Waals surface area contributed by atoms with Crippen LogP contribution >= 0.6 is 11.8 Å². The molecule has 0 saturated heterocycles. The lowest BCUT2D eigenvalue weighted by molar-refractivity contribution is -0.123. The molecule has 3 aromatic rings. The number of ketones is 1. The Hall–Kier alpha value is -2.60. The molecule has 1 atom stereocenters. The second-order valence-corrected chi connectivity index (χ2v) is 8.65. The Kier molecular flexibility index (Phi) is 5.37. The molecule has 1 aromatic heterocycles. The van der Waals surface area contributed by atoms with Gasteiger partial charge in [0.25, 0.3) is 5.22 Å². The Bertz CT molecular complexity index is 938. The number of oxazole rings is 1. The second kappa shape index (κ2) is 7.56. The first-order valence-corrected chi connectivity index (χ1v) is 9.60. The van der Waals surface area contributed by atoms with Crippen molar-refractivity contribution in [2.45, 2.75) is 38.2 Å². The molecule has 27 heavy (non-hydrogen) atoms. The minimum atomic E-state index is -0.473. The van der Waals surface area contributed by atoms with E-state index in [4.69, 9.17) is 4.42 Å². The smallest absolute Gasteiger partial charge is 0.257 e. The maximum atomic E-state index is 12.7. The van der Waals surface area contributed by atoms with Gasteiger partial charge in [0.1, 0.15) is 5.52 Å². The third-order valence-corrected chi connectivity index (χ3v) is 4.97. The summed E-state index contributed by atoms with van der Waals surface area (Å²) in [6.07, 6.45) is 0. The van der Waals surface area contributed by atoms with Crippen molar-refractivity contribution in [1.82, 2.24) is 4.98 Å². The lowest BCUT2D eigenvalue weighted by atomic mass is 9.95. The minimum absolute atomic E-state index is 0.0176. The molecule has 0 saturated carbocycles. The first kappa shape index (κ1) is 19.2. The van der Waals surface area contributed by atoms with Crippen LogP contribution in [0.4, 0.5) is 5.69 Å². The van der Waals surface area contributed by atoms with Crippen molar-refractivity contribution in [2.75, 3.05) is 5.32 Å². The number of fused-ring (bicyclic) bond motifs is 1. The quantitative estimate of drug-likeness (QED) is 0.486. The molecule has 0 aliphatic heterocycles. The molecule has 0 unspecified atom stereocenters. The van der Waals surface area contributed by atoms with Gasteiger partial charge in [-0.1, -0.05) is 44.7 Å². The molecule has 0 radical (unpaired) electrons. The lowest BCUT2D eigenvalue weighted by Gasteiger charge is -2.17. The Morgan fingerprint density at radius 1 is 1.07 bits per heavy atom. The number of Topliss-reactive ketones (excluding diaryl/α,β-unsaturated/α-hetero) is 1. The first-order chi connectivity index (χ1) is 12.7. The number of benzene rings is 2. The van der Waals surface area contributed by atoms with Crippen LogP contribution in [0.25, 0.3) is 11.1 Å². The van der Waals surface area contributed by atoms with Crippen molar-refractivity contribution >= 4 is 40.2 Å². The van der Waals surface area contributed by atoms with Gasteiger partial charge in [-0.3, -0.25) is 9.59 Å². The van der Waals surface area contributed by atoms with E-state index in [2.05, 4.69) is 10.3 Å². The standard InChI is InChI=1S/C21H22N2O3S/c1-13(27-20-23-16-7-5-6-8-17(16)26-20)18(24)14-9-11-15(12-10-14)22-19(25)21(2,3)4/h5-13H,1-4H3,(H,22,25)/t13-/m1/s1. The fourth-order valence-electron chi connectivity index (χ4n) is 2.38. The minimum Gasteiger partial charge on any atom is -0.431 e. The molecule has 3 rings (SSSR count). The Morgan fingerprint density at radius 3 is 2.37 bits per heavy atom. The summed E-state index contributed by atoms with van der Waals surface area (Å²) in [5, 5.41) is 2.99. The summed E-state index contributed by atoms with van der Waals surface area (Å²) in [4.78, 5) is 29.1. The number of hydrogen-bond acceptors (Lipinski definition) is 5. The fraction of sp³-hybridized carbons (Fsp3) is 0.286. The van der Waals surface area contributed by atoms with E-state index in [1.807, 2.05) is 52.0 Å². The molecule has 1 heterocycles. The average molecular weight is 382 g/mol. The van der Waals surface area contributed by atoms with Crippen molar-refractivity contribution in [3.8, 4) is 0 Å². The Balaban J connectivity index is 1.66. The highest BCUT2D eigenvalue weighted by Crippen LogP contribution is 2.28. The second-order valence-electron chi connectivity index (χ2n) is 7.35. The summed E-state index contributed by atoms with van der Waals surface area (Å²) in [7, 11) is 0. The molecule has 0 aliphatic carbocycles. The summed E-state index contributed by atoms with van der Waals surface area (Å²) < 4.78 is 5.67. The third kappa shape index (κ3) is 4.57. The van der Waals surface area contributed by atoms with Gasteiger partial charge in [-0.05, 0) is 43.3 Å². The fourth-order valence-corrected chi connectivity index (χ4v) is 3.21. The van der Waals surface area contributed by atoms with Crippen molar-refractivity contribution in [3.05, 3.63) is 54.1 Å². The predicted molar refractivity (Wildman–Crippen MR) is 108 cm³/mol. The number of carbonyl (C=O) groups is 2. The van der Waals surface area contributed by atoms with E-state index in [1.165, 1.54) is 11.8 Å². The van der Waals surface area contributed by atoms with Gasteiger partial charge in [0.15, 0.2) is 11.4 Å². The van der Waals surface area contributed by atoms with E-state index in [9.17, 15) is 9.59 Å². The van der Waals surface area contributed by atoms with Gasteiger partial charge in [-0.25, -0.2) is 4.98 Å². The Labute approximate surface area is 162 Å². The van der Waals surface area contributed by atoms with Crippen molar-refractivity contribution in [2.24, 2.45) is 5.41 Å².